The molecule has 5 nitrogen and oxygen atoms in total. The van der Waals surface area contributed by atoms with Gasteiger partial charge in [-0.1, -0.05) is 13.8 Å². The third-order valence-corrected chi connectivity index (χ3v) is 5.94. The number of carbonyl (C=O) groups excluding carboxylic acids is 1. The van der Waals surface area contributed by atoms with Crippen molar-refractivity contribution in [3.63, 3.8) is 0 Å². The lowest BCUT2D eigenvalue weighted by Gasteiger charge is -2.47. The summed E-state index contributed by atoms with van der Waals surface area (Å²) in [5.41, 5.74) is 1.19. The zero-order valence-corrected chi connectivity index (χ0v) is 15.1. The molecule has 2 atom stereocenters. The number of ether oxygens (including phenoxy) is 1. The Bertz CT molecular complexity index is 1200. The molecule has 0 spiro atoms. The van der Waals surface area contributed by atoms with E-state index in [0.717, 1.165) is 5.69 Å². The average molecular weight is 366 g/mol. The fraction of sp³-hybridized carbons (Fsp3) is 0.333. The molecule has 6 heteroatoms. The van der Waals surface area contributed by atoms with Crippen LogP contribution in [0, 0.1) is 11.7 Å². The van der Waals surface area contributed by atoms with Crippen LogP contribution in [-0.4, -0.2) is 20.4 Å². The predicted octanol–water partition coefficient (Wildman–Crippen LogP) is 3.39. The molecule has 5 rings (SSSR count). The molecule has 138 valence electrons. The number of nitrogens with zero attached hydrogens (tertiary/aromatic N) is 2. The summed E-state index contributed by atoms with van der Waals surface area (Å²) in [5, 5.41) is 0.672. The van der Waals surface area contributed by atoms with Crippen LogP contribution in [0.4, 0.5) is 4.39 Å². The lowest BCUT2D eigenvalue weighted by Crippen LogP contribution is -2.54. The lowest BCUT2D eigenvalue weighted by atomic mass is 9.76. The zero-order chi connectivity index (χ0) is 18.9. The van der Waals surface area contributed by atoms with E-state index < -0.39 is 11.6 Å². The first-order valence-electron chi connectivity index (χ1n) is 9.12. The zero-order valence-electron chi connectivity index (χ0n) is 15.1. The predicted molar refractivity (Wildman–Crippen MR) is 99.3 cm³/mol. The normalized spacial score (nSPS) is 24.6. The van der Waals surface area contributed by atoms with Gasteiger partial charge in [-0.2, -0.15) is 0 Å². The van der Waals surface area contributed by atoms with E-state index in [9.17, 15) is 14.0 Å². The van der Waals surface area contributed by atoms with Crippen molar-refractivity contribution in [2.75, 3.05) is 0 Å². The molecule has 2 aromatic heterocycles. The minimum atomic E-state index is -0.687. The highest BCUT2D eigenvalue weighted by Crippen LogP contribution is 2.44. The standard InChI is InChI=1S/C21H19FN2O3/c1-12(2)21-6-5-17(25)10-19(21)24-16(11-27-21)9-15-8-13-7-14(22)3-4-18(13)23(15)20(24)26/h3-9,12,19H,10-11H2,1-2H3/t19-,21-/m1/s1. The fourth-order valence-corrected chi connectivity index (χ4v) is 4.58. The van der Waals surface area contributed by atoms with Crippen molar-refractivity contribution in [3.8, 4) is 0 Å². The summed E-state index contributed by atoms with van der Waals surface area (Å²) in [6.07, 6.45) is 3.61. The maximum Gasteiger partial charge on any atom is 0.333 e. The first kappa shape index (κ1) is 16.4. The van der Waals surface area contributed by atoms with Crippen molar-refractivity contribution in [1.29, 1.82) is 0 Å². The van der Waals surface area contributed by atoms with E-state index in [4.69, 9.17) is 4.74 Å². The number of carbonyl (C=O) groups is 1. The van der Waals surface area contributed by atoms with E-state index in [0.29, 0.717) is 16.4 Å². The molecular formula is C21H19FN2O3. The minimum Gasteiger partial charge on any atom is -0.362 e. The molecule has 0 radical (unpaired) electrons. The van der Waals surface area contributed by atoms with Crippen molar-refractivity contribution >= 4 is 22.2 Å². The number of aromatic nitrogens is 2. The maximum atomic E-state index is 13.6. The number of fused-ring (bicyclic) bond motifs is 6. The van der Waals surface area contributed by atoms with Crippen LogP contribution in [0.2, 0.25) is 0 Å². The number of hydrogen-bond acceptors (Lipinski definition) is 3. The van der Waals surface area contributed by atoms with Crippen LogP contribution in [0.25, 0.3) is 16.4 Å². The number of ketones is 1. The van der Waals surface area contributed by atoms with Crippen molar-refractivity contribution in [3.05, 3.63) is 64.5 Å². The van der Waals surface area contributed by atoms with Crippen molar-refractivity contribution < 1.29 is 13.9 Å². The van der Waals surface area contributed by atoms with Gasteiger partial charge in [-0.15, -0.1) is 0 Å². The lowest BCUT2D eigenvalue weighted by molar-refractivity contribution is -0.134. The third kappa shape index (κ3) is 2.13. The summed E-state index contributed by atoms with van der Waals surface area (Å²) in [6.45, 7) is 4.36. The number of allylic oxidation sites excluding steroid dienone is 1. The van der Waals surface area contributed by atoms with Gasteiger partial charge in [0.25, 0.3) is 0 Å². The first-order valence-corrected chi connectivity index (χ1v) is 9.12. The molecule has 1 aromatic carbocycles. The Labute approximate surface area is 154 Å². The second kappa shape index (κ2) is 5.39. The van der Waals surface area contributed by atoms with Crippen LogP contribution in [0.3, 0.4) is 0 Å². The van der Waals surface area contributed by atoms with Gasteiger partial charge in [0.15, 0.2) is 5.78 Å². The molecule has 1 aliphatic carbocycles. The highest BCUT2D eigenvalue weighted by Gasteiger charge is 2.48. The van der Waals surface area contributed by atoms with E-state index in [1.165, 1.54) is 12.1 Å². The number of rotatable bonds is 1. The Kier molecular flexibility index (Phi) is 3.28. The van der Waals surface area contributed by atoms with Crippen LogP contribution >= 0.6 is 0 Å². The molecule has 0 bridgehead atoms. The molecule has 0 unspecified atom stereocenters. The molecule has 0 saturated carbocycles. The molecule has 0 fully saturated rings. The van der Waals surface area contributed by atoms with E-state index in [-0.39, 0.29) is 36.2 Å². The summed E-state index contributed by atoms with van der Waals surface area (Å²) in [6, 6.07) is 7.70. The van der Waals surface area contributed by atoms with Gasteiger partial charge >= 0.3 is 5.69 Å². The van der Waals surface area contributed by atoms with Gasteiger partial charge in [0.05, 0.1) is 29.4 Å². The van der Waals surface area contributed by atoms with E-state index in [2.05, 4.69) is 0 Å². The largest absolute Gasteiger partial charge is 0.362 e. The molecule has 3 aromatic rings. The van der Waals surface area contributed by atoms with Crippen LogP contribution in [0.1, 0.15) is 32.0 Å². The first-order chi connectivity index (χ1) is 12.9. The van der Waals surface area contributed by atoms with Gasteiger partial charge in [-0.3, -0.25) is 13.8 Å². The smallest absolute Gasteiger partial charge is 0.333 e. The second-order valence-corrected chi connectivity index (χ2v) is 7.71. The molecular weight excluding hydrogens is 347 g/mol. The van der Waals surface area contributed by atoms with Gasteiger partial charge in [0, 0.05) is 11.8 Å². The Balaban J connectivity index is 1.84. The Morgan fingerprint density at radius 2 is 2.04 bits per heavy atom. The van der Waals surface area contributed by atoms with Gasteiger partial charge in [0.1, 0.15) is 11.4 Å². The van der Waals surface area contributed by atoms with E-state index in [1.807, 2.05) is 26.0 Å². The van der Waals surface area contributed by atoms with Gasteiger partial charge in [0.2, 0.25) is 0 Å². The molecule has 0 saturated heterocycles. The van der Waals surface area contributed by atoms with Gasteiger partial charge in [-0.25, -0.2) is 9.18 Å². The van der Waals surface area contributed by atoms with Gasteiger partial charge in [-0.05, 0) is 48.4 Å². The van der Waals surface area contributed by atoms with Crippen LogP contribution in [-0.2, 0) is 16.1 Å². The molecule has 0 N–H and O–H groups in total. The number of halogens is 1. The van der Waals surface area contributed by atoms with E-state index in [1.54, 1.807) is 27.2 Å². The quantitative estimate of drug-likeness (QED) is 0.663. The van der Waals surface area contributed by atoms with Crippen molar-refractivity contribution in [2.45, 2.75) is 38.5 Å². The molecule has 0 amide bonds. The van der Waals surface area contributed by atoms with Crippen molar-refractivity contribution in [2.24, 2.45) is 5.92 Å². The SMILES string of the molecule is CC(C)[C@]12C=CC(=O)C[C@H]1n1c(cc3cc4cc(F)ccc4n3c1=O)CO2. The Morgan fingerprint density at radius 1 is 1.22 bits per heavy atom. The summed E-state index contributed by atoms with van der Waals surface area (Å²) < 4.78 is 23.2. The minimum absolute atomic E-state index is 0.0147. The monoisotopic (exact) mass is 366 g/mol. The Morgan fingerprint density at radius 3 is 2.81 bits per heavy atom. The summed E-state index contributed by atoms with van der Waals surface area (Å²) in [7, 11) is 0. The topological polar surface area (TPSA) is 52.7 Å². The van der Waals surface area contributed by atoms with Crippen LogP contribution in [0.5, 0.6) is 0 Å². The fourth-order valence-electron chi connectivity index (χ4n) is 4.58. The number of hydrogen-bond donors (Lipinski definition) is 0. The highest BCUT2D eigenvalue weighted by atomic mass is 19.1. The van der Waals surface area contributed by atoms with E-state index >= 15 is 0 Å². The molecule has 27 heavy (non-hydrogen) atoms. The average Bonchev–Trinajstić information content (AvgIpc) is 2.98. The third-order valence-electron chi connectivity index (χ3n) is 5.94. The summed E-state index contributed by atoms with van der Waals surface area (Å²) >= 11 is 0. The molecule has 1 aliphatic heterocycles. The molecule has 2 aliphatic rings. The van der Waals surface area contributed by atoms with Crippen molar-refractivity contribution in [1.82, 2.24) is 8.97 Å². The molecule has 3 heterocycles. The summed E-state index contributed by atoms with van der Waals surface area (Å²) in [4.78, 5) is 25.7. The highest BCUT2D eigenvalue weighted by molar-refractivity contribution is 5.91. The Hall–Kier alpha value is -2.73. The van der Waals surface area contributed by atoms with Crippen LogP contribution < -0.4 is 5.69 Å². The second-order valence-electron chi connectivity index (χ2n) is 7.71. The van der Waals surface area contributed by atoms with Crippen LogP contribution in [0.15, 0.2) is 47.3 Å². The van der Waals surface area contributed by atoms with Gasteiger partial charge < -0.3 is 4.74 Å². The number of benzene rings is 1. The summed E-state index contributed by atoms with van der Waals surface area (Å²) in [5.74, 6) is -0.259. The maximum absolute atomic E-state index is 13.6.